The number of rotatable bonds is 10. The highest BCUT2D eigenvalue weighted by atomic mass is 32.1. The molecule has 0 atom stereocenters. The van der Waals surface area contributed by atoms with Crippen molar-refractivity contribution >= 4 is 28.7 Å². The van der Waals surface area contributed by atoms with Crippen LogP contribution in [0.1, 0.15) is 11.3 Å². The first-order valence-corrected chi connectivity index (χ1v) is 11.7. The van der Waals surface area contributed by atoms with E-state index in [1.165, 1.54) is 23.0 Å². The number of aromatic amines is 1. The smallest absolute Gasteiger partial charge is 0.330 e. The van der Waals surface area contributed by atoms with Crippen molar-refractivity contribution in [3.8, 4) is 10.6 Å². The van der Waals surface area contributed by atoms with E-state index >= 15 is 0 Å². The highest BCUT2D eigenvalue weighted by Crippen LogP contribution is 2.23. The summed E-state index contributed by atoms with van der Waals surface area (Å²) >= 11 is 1.41. The quantitative estimate of drug-likeness (QED) is 0.310. The number of carbonyl (C=O) groups is 1. The Hall–Kier alpha value is -4.09. The molecule has 3 heterocycles. The number of thiazole rings is 1. The monoisotopic (exact) mass is 492 g/mol. The number of nitrogens with one attached hydrogen (secondary N) is 3. The van der Waals surface area contributed by atoms with Crippen LogP contribution in [-0.2, 0) is 29.0 Å². The second kappa shape index (κ2) is 11.4. The minimum Gasteiger partial charge on any atom is -0.383 e. The SMILES string of the molecule is COCCn1c(NC(=O)Cc2csc(-c3cccnc3)n2)c(NCc2ccccc2)c(=O)[nH]c1=O. The van der Waals surface area contributed by atoms with Crippen LogP contribution in [-0.4, -0.2) is 39.1 Å². The Labute approximate surface area is 204 Å². The molecular formula is C24H24N6O4S. The lowest BCUT2D eigenvalue weighted by molar-refractivity contribution is -0.115. The number of hydrogen-bond acceptors (Lipinski definition) is 8. The second-order valence-corrected chi connectivity index (χ2v) is 8.44. The topological polar surface area (TPSA) is 131 Å². The minimum absolute atomic E-state index is 0.0276. The third-order valence-electron chi connectivity index (χ3n) is 5.09. The molecule has 0 aliphatic heterocycles. The van der Waals surface area contributed by atoms with Gasteiger partial charge in [0.2, 0.25) is 5.91 Å². The van der Waals surface area contributed by atoms with E-state index in [0.717, 1.165) is 16.1 Å². The van der Waals surface area contributed by atoms with E-state index in [0.29, 0.717) is 12.2 Å². The van der Waals surface area contributed by atoms with Crippen molar-refractivity contribution < 1.29 is 9.53 Å². The number of anilines is 2. The van der Waals surface area contributed by atoms with Crippen LogP contribution >= 0.6 is 11.3 Å². The van der Waals surface area contributed by atoms with Crippen molar-refractivity contribution in [3.05, 3.63) is 92.3 Å². The average Bonchev–Trinajstić information content (AvgIpc) is 3.33. The molecule has 0 radical (unpaired) electrons. The predicted octanol–water partition coefficient (Wildman–Crippen LogP) is 2.49. The molecule has 0 aliphatic rings. The summed E-state index contributed by atoms with van der Waals surface area (Å²) in [5, 5.41) is 8.35. The molecule has 10 nitrogen and oxygen atoms in total. The average molecular weight is 493 g/mol. The highest BCUT2D eigenvalue weighted by Gasteiger charge is 2.18. The maximum Gasteiger partial charge on any atom is 0.330 e. The molecular weight excluding hydrogens is 468 g/mol. The molecule has 180 valence electrons. The Balaban J connectivity index is 1.58. The fourth-order valence-electron chi connectivity index (χ4n) is 3.40. The molecule has 1 amide bonds. The van der Waals surface area contributed by atoms with E-state index in [1.54, 1.807) is 17.8 Å². The van der Waals surface area contributed by atoms with Crippen molar-refractivity contribution in [2.75, 3.05) is 24.4 Å². The molecule has 0 saturated heterocycles. The normalized spacial score (nSPS) is 10.8. The zero-order valence-corrected chi connectivity index (χ0v) is 19.8. The summed E-state index contributed by atoms with van der Waals surface area (Å²) in [6.45, 7) is 0.687. The predicted molar refractivity (Wildman–Crippen MR) is 135 cm³/mol. The number of ether oxygens (including phenoxy) is 1. The van der Waals surface area contributed by atoms with Crippen molar-refractivity contribution in [1.29, 1.82) is 0 Å². The molecule has 11 heteroatoms. The van der Waals surface area contributed by atoms with E-state index < -0.39 is 17.2 Å². The summed E-state index contributed by atoms with van der Waals surface area (Å²) < 4.78 is 6.38. The standard InChI is InChI=1S/C24H24N6O4S/c1-34-11-10-30-21(20(22(32)29-24(30)33)26-13-16-6-3-2-4-7-16)28-19(31)12-18-15-35-23(27-18)17-8-5-9-25-14-17/h2-9,14-15,26H,10-13H2,1H3,(H,28,31)(H,29,32,33). The number of benzene rings is 1. The van der Waals surface area contributed by atoms with Crippen LogP contribution in [0.15, 0.2) is 69.8 Å². The molecule has 0 bridgehead atoms. The van der Waals surface area contributed by atoms with Gasteiger partial charge in [-0.05, 0) is 17.7 Å². The number of H-pyrrole nitrogens is 1. The number of amides is 1. The van der Waals surface area contributed by atoms with Gasteiger partial charge < -0.3 is 15.4 Å². The van der Waals surface area contributed by atoms with Crippen molar-refractivity contribution in [1.82, 2.24) is 19.5 Å². The maximum atomic E-state index is 13.0. The fraction of sp³-hybridized carbons (Fsp3) is 0.208. The lowest BCUT2D eigenvalue weighted by Crippen LogP contribution is -2.36. The zero-order valence-electron chi connectivity index (χ0n) is 19.0. The molecule has 0 fully saturated rings. The largest absolute Gasteiger partial charge is 0.383 e. The highest BCUT2D eigenvalue weighted by molar-refractivity contribution is 7.13. The van der Waals surface area contributed by atoms with Gasteiger partial charge in [-0.2, -0.15) is 0 Å². The Bertz CT molecular complexity index is 1400. The molecule has 1 aromatic carbocycles. The van der Waals surface area contributed by atoms with Crippen molar-refractivity contribution in [3.63, 3.8) is 0 Å². The third-order valence-corrected chi connectivity index (χ3v) is 6.03. The molecule has 0 unspecified atom stereocenters. The van der Waals surface area contributed by atoms with Crippen molar-refractivity contribution in [2.24, 2.45) is 0 Å². The fourth-order valence-corrected chi connectivity index (χ4v) is 4.21. The van der Waals surface area contributed by atoms with Crippen LogP contribution in [0.5, 0.6) is 0 Å². The summed E-state index contributed by atoms with van der Waals surface area (Å²) in [6.07, 6.45) is 3.36. The van der Waals surface area contributed by atoms with E-state index in [9.17, 15) is 14.4 Å². The van der Waals surface area contributed by atoms with Gasteiger partial charge >= 0.3 is 5.69 Å². The van der Waals surface area contributed by atoms with Gasteiger partial charge in [0.25, 0.3) is 5.56 Å². The van der Waals surface area contributed by atoms with Crippen molar-refractivity contribution in [2.45, 2.75) is 19.5 Å². The zero-order chi connectivity index (χ0) is 24.6. The van der Waals surface area contributed by atoms with Crippen LogP contribution < -0.4 is 21.9 Å². The molecule has 0 saturated carbocycles. The summed E-state index contributed by atoms with van der Waals surface area (Å²) in [5.41, 5.74) is 1.19. The lowest BCUT2D eigenvalue weighted by atomic mass is 10.2. The number of methoxy groups -OCH3 is 1. The summed E-state index contributed by atoms with van der Waals surface area (Å²) in [6, 6.07) is 13.2. The first kappa shape index (κ1) is 24.0. The molecule has 0 aliphatic carbocycles. The number of carbonyl (C=O) groups excluding carboxylic acids is 1. The van der Waals surface area contributed by atoms with E-state index in [2.05, 4.69) is 25.6 Å². The van der Waals surface area contributed by atoms with Gasteiger partial charge in [0.15, 0.2) is 0 Å². The van der Waals surface area contributed by atoms with Gasteiger partial charge in [-0.15, -0.1) is 11.3 Å². The van der Waals surface area contributed by atoms with Crippen LogP contribution in [0.4, 0.5) is 11.5 Å². The summed E-state index contributed by atoms with van der Waals surface area (Å²) in [7, 11) is 1.51. The second-order valence-electron chi connectivity index (χ2n) is 7.58. The van der Waals surface area contributed by atoms with Gasteiger partial charge in [-0.25, -0.2) is 9.78 Å². The lowest BCUT2D eigenvalue weighted by Gasteiger charge is -2.17. The van der Waals surface area contributed by atoms with Crippen LogP contribution in [0.3, 0.4) is 0 Å². The number of hydrogen-bond donors (Lipinski definition) is 3. The number of nitrogens with zero attached hydrogens (tertiary/aromatic N) is 3. The Kier molecular flexibility index (Phi) is 7.81. The Morgan fingerprint density at radius 3 is 2.74 bits per heavy atom. The van der Waals surface area contributed by atoms with Gasteiger partial charge in [-0.1, -0.05) is 30.3 Å². The van der Waals surface area contributed by atoms with Gasteiger partial charge in [0.05, 0.1) is 25.3 Å². The molecule has 4 aromatic rings. The molecule has 35 heavy (non-hydrogen) atoms. The maximum absolute atomic E-state index is 13.0. The molecule has 4 rings (SSSR count). The van der Waals surface area contributed by atoms with Gasteiger partial charge in [0, 0.05) is 37.0 Å². The summed E-state index contributed by atoms with van der Waals surface area (Å²) in [4.78, 5) is 49.1. The molecule has 0 spiro atoms. The number of aromatic nitrogens is 4. The Morgan fingerprint density at radius 1 is 1.17 bits per heavy atom. The van der Waals surface area contributed by atoms with E-state index in [4.69, 9.17) is 4.74 Å². The first-order valence-electron chi connectivity index (χ1n) is 10.8. The minimum atomic E-state index is -0.639. The Morgan fingerprint density at radius 2 is 2.00 bits per heavy atom. The van der Waals surface area contributed by atoms with Gasteiger partial charge in [-0.3, -0.25) is 24.1 Å². The molecule has 3 aromatic heterocycles. The third kappa shape index (κ3) is 6.08. The van der Waals surface area contributed by atoms with Crippen LogP contribution in [0, 0.1) is 0 Å². The van der Waals surface area contributed by atoms with Crippen LogP contribution in [0.25, 0.3) is 10.6 Å². The summed E-state index contributed by atoms with van der Waals surface area (Å²) in [5.74, 6) is -0.327. The molecule has 3 N–H and O–H groups in total. The van der Waals surface area contributed by atoms with Gasteiger partial charge in [0.1, 0.15) is 16.5 Å². The van der Waals surface area contributed by atoms with E-state index in [-0.39, 0.29) is 31.1 Å². The first-order chi connectivity index (χ1) is 17.0. The van der Waals surface area contributed by atoms with Crippen LogP contribution in [0.2, 0.25) is 0 Å². The number of pyridine rings is 1. The van der Waals surface area contributed by atoms with E-state index in [1.807, 2.05) is 42.5 Å².